The highest BCUT2D eigenvalue weighted by Crippen LogP contribution is 2.21. The van der Waals surface area contributed by atoms with Crippen LogP contribution < -0.4 is 15.0 Å². The standard InChI is InChI=1S/C20H22ClN3O3/c1-27-18-8-3-2-5-15(18)14-22-19(25)20(26)24-11-9-23(10-12-24)17-7-4-6-16(21)13-17/h2-8,13H,9-12,14H2,1H3,(H,22,25). The van der Waals surface area contributed by atoms with E-state index < -0.39 is 11.8 Å². The van der Waals surface area contributed by atoms with E-state index in [1.807, 2.05) is 48.5 Å². The molecule has 0 unspecified atom stereocenters. The van der Waals surface area contributed by atoms with Crippen molar-refractivity contribution in [1.29, 1.82) is 0 Å². The largest absolute Gasteiger partial charge is 0.496 e. The zero-order valence-corrected chi connectivity index (χ0v) is 15.9. The van der Waals surface area contributed by atoms with Crippen LogP contribution in [-0.2, 0) is 16.1 Å². The molecule has 6 nitrogen and oxygen atoms in total. The smallest absolute Gasteiger partial charge is 0.312 e. The summed E-state index contributed by atoms with van der Waals surface area (Å²) in [4.78, 5) is 28.4. The molecule has 1 aliphatic heterocycles. The van der Waals surface area contributed by atoms with Gasteiger partial charge in [0.2, 0.25) is 0 Å². The van der Waals surface area contributed by atoms with Gasteiger partial charge in [-0.2, -0.15) is 0 Å². The molecule has 1 N–H and O–H groups in total. The summed E-state index contributed by atoms with van der Waals surface area (Å²) in [7, 11) is 1.57. The molecule has 27 heavy (non-hydrogen) atoms. The molecule has 1 aliphatic rings. The molecule has 2 amide bonds. The van der Waals surface area contributed by atoms with Crippen LogP contribution >= 0.6 is 11.6 Å². The average molecular weight is 388 g/mol. The number of ether oxygens (including phenoxy) is 1. The summed E-state index contributed by atoms with van der Waals surface area (Å²) >= 11 is 6.04. The number of amides is 2. The van der Waals surface area contributed by atoms with Crippen molar-refractivity contribution in [3.8, 4) is 5.75 Å². The van der Waals surface area contributed by atoms with Crippen molar-refractivity contribution in [2.75, 3.05) is 38.2 Å². The number of benzene rings is 2. The third-order valence-corrected chi connectivity index (χ3v) is 4.80. The molecule has 0 aromatic heterocycles. The van der Waals surface area contributed by atoms with Gasteiger partial charge in [0.1, 0.15) is 5.75 Å². The second kappa shape index (κ2) is 8.77. The van der Waals surface area contributed by atoms with Crippen molar-refractivity contribution >= 4 is 29.1 Å². The third kappa shape index (κ3) is 4.71. The molecule has 0 atom stereocenters. The number of carbonyl (C=O) groups excluding carboxylic acids is 2. The number of methoxy groups -OCH3 is 1. The summed E-state index contributed by atoms with van der Waals surface area (Å²) in [6.45, 7) is 2.55. The highest BCUT2D eigenvalue weighted by Gasteiger charge is 2.26. The molecule has 2 aromatic carbocycles. The molecule has 0 radical (unpaired) electrons. The molecule has 0 spiro atoms. The molecule has 1 saturated heterocycles. The predicted molar refractivity (Wildman–Crippen MR) is 105 cm³/mol. The number of rotatable bonds is 4. The SMILES string of the molecule is COc1ccccc1CNC(=O)C(=O)N1CCN(c2cccc(Cl)c2)CC1. The zero-order chi connectivity index (χ0) is 19.2. The lowest BCUT2D eigenvalue weighted by molar-refractivity contribution is -0.146. The first kappa shape index (κ1) is 19.0. The maximum absolute atomic E-state index is 12.4. The van der Waals surface area contributed by atoms with E-state index in [0.717, 1.165) is 11.3 Å². The van der Waals surface area contributed by atoms with E-state index >= 15 is 0 Å². The van der Waals surface area contributed by atoms with Crippen molar-refractivity contribution < 1.29 is 14.3 Å². The van der Waals surface area contributed by atoms with E-state index in [2.05, 4.69) is 10.2 Å². The van der Waals surface area contributed by atoms with E-state index in [0.29, 0.717) is 37.0 Å². The fraction of sp³-hybridized carbons (Fsp3) is 0.300. The monoisotopic (exact) mass is 387 g/mol. The minimum atomic E-state index is -0.600. The quantitative estimate of drug-likeness (QED) is 0.818. The lowest BCUT2D eigenvalue weighted by Crippen LogP contribution is -2.52. The molecular weight excluding hydrogens is 366 g/mol. The molecule has 7 heteroatoms. The van der Waals surface area contributed by atoms with Crippen LogP contribution in [0.4, 0.5) is 5.69 Å². The predicted octanol–water partition coefficient (Wildman–Crippen LogP) is 2.31. The molecule has 3 rings (SSSR count). The molecule has 2 aromatic rings. The van der Waals surface area contributed by atoms with Crippen molar-refractivity contribution in [3.63, 3.8) is 0 Å². The summed E-state index contributed by atoms with van der Waals surface area (Å²) in [6, 6.07) is 15.0. The van der Waals surface area contributed by atoms with Crippen LogP contribution in [0.3, 0.4) is 0 Å². The Labute approximate surface area is 163 Å². The minimum Gasteiger partial charge on any atom is -0.496 e. The summed E-state index contributed by atoms with van der Waals surface area (Å²) in [5, 5.41) is 3.36. The number of carbonyl (C=O) groups is 2. The Morgan fingerprint density at radius 3 is 2.52 bits per heavy atom. The maximum atomic E-state index is 12.4. The molecule has 0 saturated carbocycles. The van der Waals surface area contributed by atoms with Gasteiger partial charge in [-0.3, -0.25) is 9.59 Å². The van der Waals surface area contributed by atoms with Gasteiger partial charge in [-0.05, 0) is 24.3 Å². The van der Waals surface area contributed by atoms with Crippen LogP contribution in [0.2, 0.25) is 5.02 Å². The number of halogens is 1. The van der Waals surface area contributed by atoms with Crippen LogP contribution in [-0.4, -0.2) is 50.0 Å². The van der Waals surface area contributed by atoms with E-state index in [1.54, 1.807) is 12.0 Å². The number of nitrogens with zero attached hydrogens (tertiary/aromatic N) is 2. The second-order valence-corrected chi connectivity index (χ2v) is 6.69. The van der Waals surface area contributed by atoms with Crippen molar-refractivity contribution in [2.45, 2.75) is 6.54 Å². The number of hydrogen-bond acceptors (Lipinski definition) is 4. The Morgan fingerprint density at radius 2 is 1.81 bits per heavy atom. The fourth-order valence-corrected chi connectivity index (χ4v) is 3.27. The molecule has 1 heterocycles. The van der Waals surface area contributed by atoms with E-state index in [9.17, 15) is 9.59 Å². The summed E-state index contributed by atoms with van der Waals surface area (Å²) in [5.41, 5.74) is 1.85. The van der Waals surface area contributed by atoms with Crippen LogP contribution in [0, 0.1) is 0 Å². The Balaban J connectivity index is 1.52. The van der Waals surface area contributed by atoms with Gasteiger partial charge in [0.15, 0.2) is 0 Å². The Bertz CT molecular complexity index is 820. The van der Waals surface area contributed by atoms with Gasteiger partial charge in [0, 0.05) is 49.0 Å². The highest BCUT2D eigenvalue weighted by molar-refractivity contribution is 6.35. The van der Waals surface area contributed by atoms with Crippen molar-refractivity contribution in [1.82, 2.24) is 10.2 Å². The summed E-state index contributed by atoms with van der Waals surface area (Å²) in [5.74, 6) is -0.423. The summed E-state index contributed by atoms with van der Waals surface area (Å²) in [6.07, 6.45) is 0. The van der Waals surface area contributed by atoms with Gasteiger partial charge in [0.05, 0.1) is 7.11 Å². The van der Waals surface area contributed by atoms with Crippen LogP contribution in [0.25, 0.3) is 0 Å². The molecular formula is C20H22ClN3O3. The average Bonchev–Trinajstić information content (AvgIpc) is 2.71. The normalized spacial score (nSPS) is 14.0. The van der Waals surface area contributed by atoms with E-state index in [1.165, 1.54) is 0 Å². The topological polar surface area (TPSA) is 61.9 Å². The van der Waals surface area contributed by atoms with Crippen LogP contribution in [0.1, 0.15) is 5.56 Å². The van der Waals surface area contributed by atoms with Gasteiger partial charge < -0.3 is 19.9 Å². The molecule has 0 bridgehead atoms. The fourth-order valence-electron chi connectivity index (χ4n) is 3.08. The van der Waals surface area contributed by atoms with Gasteiger partial charge in [-0.1, -0.05) is 35.9 Å². The Hall–Kier alpha value is -2.73. The third-order valence-electron chi connectivity index (χ3n) is 4.57. The van der Waals surface area contributed by atoms with Gasteiger partial charge in [-0.25, -0.2) is 0 Å². The molecule has 1 fully saturated rings. The molecule has 0 aliphatic carbocycles. The Kier molecular flexibility index (Phi) is 6.19. The van der Waals surface area contributed by atoms with Gasteiger partial charge in [0.25, 0.3) is 0 Å². The first-order valence-corrected chi connectivity index (χ1v) is 9.16. The number of piperazine rings is 1. The maximum Gasteiger partial charge on any atom is 0.312 e. The van der Waals surface area contributed by atoms with E-state index in [4.69, 9.17) is 16.3 Å². The number of anilines is 1. The number of para-hydroxylation sites is 1. The first-order valence-electron chi connectivity index (χ1n) is 8.78. The second-order valence-electron chi connectivity index (χ2n) is 6.25. The van der Waals surface area contributed by atoms with Gasteiger partial charge in [-0.15, -0.1) is 0 Å². The lowest BCUT2D eigenvalue weighted by atomic mass is 10.2. The summed E-state index contributed by atoms with van der Waals surface area (Å²) < 4.78 is 5.26. The van der Waals surface area contributed by atoms with E-state index in [-0.39, 0.29) is 6.54 Å². The van der Waals surface area contributed by atoms with Gasteiger partial charge >= 0.3 is 11.8 Å². The van der Waals surface area contributed by atoms with Crippen molar-refractivity contribution in [3.05, 3.63) is 59.1 Å². The van der Waals surface area contributed by atoms with Crippen LogP contribution in [0.15, 0.2) is 48.5 Å². The van der Waals surface area contributed by atoms with Crippen LogP contribution in [0.5, 0.6) is 5.75 Å². The highest BCUT2D eigenvalue weighted by atomic mass is 35.5. The lowest BCUT2D eigenvalue weighted by Gasteiger charge is -2.35. The first-order chi connectivity index (χ1) is 13.1. The Morgan fingerprint density at radius 1 is 1.07 bits per heavy atom. The minimum absolute atomic E-state index is 0.247. The zero-order valence-electron chi connectivity index (χ0n) is 15.2. The number of nitrogens with one attached hydrogen (secondary N) is 1. The molecule has 142 valence electrons. The van der Waals surface area contributed by atoms with Crippen molar-refractivity contribution in [2.24, 2.45) is 0 Å². The number of hydrogen-bond donors (Lipinski definition) is 1.